The van der Waals surface area contributed by atoms with E-state index in [1.807, 2.05) is 54.6 Å². The molecule has 210 valence electrons. The van der Waals surface area contributed by atoms with Crippen molar-refractivity contribution in [3.8, 4) is 0 Å². The van der Waals surface area contributed by atoms with Gasteiger partial charge in [0.2, 0.25) is 21.8 Å². The summed E-state index contributed by atoms with van der Waals surface area (Å²) in [6.45, 7) is 1.08. The molecule has 0 heterocycles. The molecule has 1 fully saturated rings. The Morgan fingerprint density at radius 1 is 1.00 bits per heavy atom. The number of nitrogens with one attached hydrogen (secondary N) is 3. The van der Waals surface area contributed by atoms with Crippen molar-refractivity contribution in [3.05, 3.63) is 95.6 Å². The largest absolute Gasteiger partial charge is 0.392 e. The van der Waals surface area contributed by atoms with Crippen molar-refractivity contribution < 1.29 is 28.2 Å². The molecule has 0 aliphatic heterocycles. The summed E-state index contributed by atoms with van der Waals surface area (Å²) < 4.78 is 28.1. The molecule has 3 aromatic carbocycles. The molecule has 3 aromatic rings. The topological polar surface area (TPSA) is 145 Å². The molecule has 40 heavy (non-hydrogen) atoms. The minimum absolute atomic E-state index is 0.0104. The van der Waals surface area contributed by atoms with Crippen LogP contribution >= 0.6 is 0 Å². The van der Waals surface area contributed by atoms with E-state index in [0.29, 0.717) is 18.5 Å². The highest BCUT2D eigenvalue weighted by Crippen LogP contribution is 2.62. The van der Waals surface area contributed by atoms with Gasteiger partial charge in [0.1, 0.15) is 0 Å². The van der Waals surface area contributed by atoms with Gasteiger partial charge in [-0.25, -0.2) is 13.1 Å². The summed E-state index contributed by atoms with van der Waals surface area (Å²) in [5.74, 6) is -0.678. The van der Waals surface area contributed by atoms with Gasteiger partial charge in [-0.05, 0) is 59.7 Å². The number of carbonyl (C=O) groups is 2. The van der Waals surface area contributed by atoms with Crippen LogP contribution in [0.1, 0.15) is 48.4 Å². The number of rotatable bonds is 10. The lowest BCUT2D eigenvalue weighted by atomic mass is 9.91. The monoisotopic (exact) mass is 563 g/mol. The van der Waals surface area contributed by atoms with Crippen molar-refractivity contribution in [1.82, 2.24) is 10.0 Å². The molecule has 0 saturated heterocycles. The van der Waals surface area contributed by atoms with Gasteiger partial charge in [0, 0.05) is 25.6 Å². The Balaban J connectivity index is 1.29. The van der Waals surface area contributed by atoms with Gasteiger partial charge in [-0.15, -0.1) is 0 Å². The van der Waals surface area contributed by atoms with Gasteiger partial charge in [0.25, 0.3) is 0 Å². The number of fused-ring (bicyclic) bond motifs is 1. The third kappa shape index (κ3) is 5.80. The summed E-state index contributed by atoms with van der Waals surface area (Å²) in [6, 6.07) is 22.3. The second kappa shape index (κ2) is 11.1. The van der Waals surface area contributed by atoms with Gasteiger partial charge >= 0.3 is 0 Å². The maximum atomic E-state index is 13.8. The van der Waals surface area contributed by atoms with E-state index >= 15 is 0 Å². The molecule has 0 radical (unpaired) electrons. The van der Waals surface area contributed by atoms with Crippen molar-refractivity contribution in [3.63, 3.8) is 0 Å². The summed E-state index contributed by atoms with van der Waals surface area (Å²) in [4.78, 5) is 25.0. The smallest absolute Gasteiger partial charge is 0.240 e. The van der Waals surface area contributed by atoms with Crippen LogP contribution in [0.4, 0.5) is 5.69 Å². The van der Waals surface area contributed by atoms with Gasteiger partial charge in [0.05, 0.1) is 28.6 Å². The van der Waals surface area contributed by atoms with E-state index in [0.717, 1.165) is 16.7 Å². The fourth-order valence-electron chi connectivity index (χ4n) is 5.73. The zero-order valence-electron chi connectivity index (χ0n) is 22.1. The first-order valence-corrected chi connectivity index (χ1v) is 14.7. The van der Waals surface area contributed by atoms with Crippen LogP contribution in [-0.2, 0) is 26.0 Å². The third-order valence-corrected chi connectivity index (χ3v) is 9.25. The first kappa shape index (κ1) is 28.0. The van der Waals surface area contributed by atoms with Crippen LogP contribution in [0.25, 0.3) is 0 Å². The number of carbonyl (C=O) groups excluding carboxylic acids is 2. The fourth-order valence-corrected chi connectivity index (χ4v) is 6.81. The van der Waals surface area contributed by atoms with E-state index in [2.05, 4.69) is 15.4 Å². The Kier molecular flexibility index (Phi) is 7.78. The summed E-state index contributed by atoms with van der Waals surface area (Å²) in [7, 11) is -3.94. The number of aliphatic hydroxyl groups is 2. The predicted molar refractivity (Wildman–Crippen MR) is 150 cm³/mol. The molecule has 5 rings (SSSR count). The van der Waals surface area contributed by atoms with Crippen molar-refractivity contribution in [2.24, 2.45) is 5.41 Å². The Hall–Kier alpha value is -3.57. The summed E-state index contributed by atoms with van der Waals surface area (Å²) >= 11 is 0. The molecule has 9 nitrogen and oxygen atoms in total. The first-order chi connectivity index (χ1) is 19.1. The Bertz CT molecular complexity index is 1500. The normalized spacial score (nSPS) is 24.1. The van der Waals surface area contributed by atoms with Gasteiger partial charge in [-0.1, -0.05) is 54.6 Å². The molecule has 2 aliphatic rings. The van der Waals surface area contributed by atoms with Crippen molar-refractivity contribution in [1.29, 1.82) is 0 Å². The van der Waals surface area contributed by atoms with Crippen LogP contribution in [0.2, 0.25) is 0 Å². The average Bonchev–Trinajstić information content (AvgIpc) is 3.58. The summed E-state index contributed by atoms with van der Waals surface area (Å²) in [5, 5.41) is 27.3. The van der Waals surface area contributed by atoms with Gasteiger partial charge in [-0.3, -0.25) is 9.59 Å². The van der Waals surface area contributed by atoms with Crippen LogP contribution in [0, 0.1) is 5.41 Å². The first-order valence-electron chi connectivity index (χ1n) is 13.3. The molecule has 2 aliphatic carbocycles. The third-order valence-electron chi connectivity index (χ3n) is 7.81. The lowest BCUT2D eigenvalue weighted by Gasteiger charge is -2.25. The lowest BCUT2D eigenvalue weighted by Crippen LogP contribution is -2.42. The SMILES string of the molecule is CC(=O)Nc1ccc(S(=O)(=O)NC[C@@H](O)CC2(C(=O)N[C@H]3c4ccccc4C[C@H]3O)C[C@H]2c2ccccc2)cc1. The molecule has 0 bridgehead atoms. The molecule has 5 N–H and O–H groups in total. The molecule has 2 amide bonds. The maximum absolute atomic E-state index is 13.8. The Labute approximate surface area is 233 Å². The number of hydrogen-bond acceptors (Lipinski definition) is 6. The second-order valence-corrected chi connectivity index (χ2v) is 12.4. The van der Waals surface area contributed by atoms with E-state index in [1.165, 1.54) is 31.2 Å². The van der Waals surface area contributed by atoms with E-state index in [4.69, 9.17) is 0 Å². The highest BCUT2D eigenvalue weighted by molar-refractivity contribution is 7.89. The summed E-state index contributed by atoms with van der Waals surface area (Å²) in [5.41, 5.74) is 2.37. The predicted octanol–water partition coefficient (Wildman–Crippen LogP) is 2.62. The highest BCUT2D eigenvalue weighted by Gasteiger charge is 2.61. The van der Waals surface area contributed by atoms with Crippen LogP contribution < -0.4 is 15.4 Å². The van der Waals surface area contributed by atoms with Gasteiger partial charge in [-0.2, -0.15) is 0 Å². The molecular formula is C30H33N3O6S. The fraction of sp³-hybridized carbons (Fsp3) is 0.333. The number of sulfonamides is 1. The molecular weight excluding hydrogens is 530 g/mol. The summed E-state index contributed by atoms with van der Waals surface area (Å²) in [6.07, 6.45) is -0.879. The van der Waals surface area contributed by atoms with Crippen LogP contribution in [0.5, 0.6) is 0 Å². The second-order valence-electron chi connectivity index (χ2n) is 10.7. The average molecular weight is 564 g/mol. The van der Waals surface area contributed by atoms with Crippen LogP contribution in [0.3, 0.4) is 0 Å². The standard InChI is InChI=1S/C30H33N3O6S/c1-19(34)32-22-11-13-24(14-12-22)40(38,39)31-18-23(35)16-30(17-26(30)20-7-3-2-4-8-20)29(37)33-28-25-10-6-5-9-21(25)15-27(28)36/h2-14,23,26-28,31,35-36H,15-18H2,1H3,(H,32,34)(H,33,37)/t23-,26-,27+,28-,30?/m0/s1. The Morgan fingerprint density at radius 2 is 1.68 bits per heavy atom. The minimum atomic E-state index is -3.94. The quantitative estimate of drug-likeness (QED) is 0.257. The maximum Gasteiger partial charge on any atom is 0.240 e. The van der Waals surface area contributed by atoms with Crippen LogP contribution in [-0.4, -0.2) is 49.2 Å². The van der Waals surface area contributed by atoms with E-state index in [1.54, 1.807) is 0 Å². The zero-order valence-corrected chi connectivity index (χ0v) is 22.9. The molecule has 1 saturated carbocycles. The number of hydrogen-bond donors (Lipinski definition) is 5. The Morgan fingerprint density at radius 3 is 2.38 bits per heavy atom. The van der Waals surface area contributed by atoms with E-state index in [-0.39, 0.29) is 35.6 Å². The number of benzene rings is 3. The van der Waals surface area contributed by atoms with Crippen molar-refractivity contribution in [2.45, 2.75) is 55.2 Å². The van der Waals surface area contributed by atoms with Crippen LogP contribution in [0.15, 0.2) is 83.8 Å². The van der Waals surface area contributed by atoms with E-state index in [9.17, 15) is 28.2 Å². The molecule has 0 aromatic heterocycles. The van der Waals surface area contributed by atoms with Crippen molar-refractivity contribution in [2.75, 3.05) is 11.9 Å². The number of aliphatic hydroxyl groups excluding tert-OH is 2. The molecule has 5 atom stereocenters. The number of amides is 2. The molecule has 0 spiro atoms. The zero-order chi connectivity index (χ0) is 28.5. The van der Waals surface area contributed by atoms with Crippen molar-refractivity contribution >= 4 is 27.5 Å². The molecule has 10 heteroatoms. The number of anilines is 1. The lowest BCUT2D eigenvalue weighted by molar-refractivity contribution is -0.129. The van der Waals surface area contributed by atoms with Gasteiger partial charge < -0.3 is 20.8 Å². The minimum Gasteiger partial charge on any atom is -0.392 e. The van der Waals surface area contributed by atoms with E-state index < -0.39 is 33.7 Å². The van der Waals surface area contributed by atoms with Gasteiger partial charge in [0.15, 0.2) is 0 Å². The highest BCUT2D eigenvalue weighted by atomic mass is 32.2. The molecule has 1 unspecified atom stereocenters.